The number of hydrogen-bond acceptors (Lipinski definition) is 3. The van der Waals surface area contributed by atoms with Gasteiger partial charge in [-0.3, -0.25) is 9.69 Å². The molecular weight excluding hydrogens is 182 g/mol. The van der Waals surface area contributed by atoms with Gasteiger partial charge in [-0.15, -0.1) is 0 Å². The van der Waals surface area contributed by atoms with Gasteiger partial charge in [0.15, 0.2) is 0 Å². The number of carbonyl (C=O) groups is 1. The zero-order chi connectivity index (χ0) is 10.4. The average molecular weight is 201 g/mol. The molecule has 1 saturated heterocycles. The number of carboxylic acids is 1. The van der Waals surface area contributed by atoms with Crippen LogP contribution in [-0.4, -0.2) is 46.8 Å². The quantitative estimate of drug-likeness (QED) is 0.687. The van der Waals surface area contributed by atoms with Crippen molar-refractivity contribution in [3.63, 3.8) is 0 Å². The predicted molar refractivity (Wildman–Crippen MR) is 53.2 cm³/mol. The summed E-state index contributed by atoms with van der Waals surface area (Å²) < 4.78 is 0. The molecule has 0 saturated carbocycles. The van der Waals surface area contributed by atoms with Crippen LogP contribution in [0.1, 0.15) is 32.1 Å². The third-order valence-corrected chi connectivity index (χ3v) is 2.80. The maximum Gasteiger partial charge on any atom is 0.303 e. The Morgan fingerprint density at radius 2 is 2.21 bits per heavy atom. The van der Waals surface area contributed by atoms with E-state index in [1.807, 2.05) is 0 Å². The van der Waals surface area contributed by atoms with E-state index >= 15 is 0 Å². The van der Waals surface area contributed by atoms with Crippen LogP contribution in [0.4, 0.5) is 0 Å². The van der Waals surface area contributed by atoms with E-state index in [4.69, 9.17) is 10.2 Å². The van der Waals surface area contributed by atoms with Crippen molar-refractivity contribution in [1.29, 1.82) is 0 Å². The second-order valence-corrected chi connectivity index (χ2v) is 3.87. The minimum Gasteiger partial charge on any atom is -0.481 e. The molecule has 1 heterocycles. The van der Waals surface area contributed by atoms with Gasteiger partial charge in [0.1, 0.15) is 0 Å². The summed E-state index contributed by atoms with van der Waals surface area (Å²) in [7, 11) is 0. The molecule has 1 rings (SSSR count). The standard InChI is InChI=1S/C10H19NO3/c12-8-9-4-1-2-6-11(9)7-3-5-10(13)14/h9,12H,1-8H2,(H,13,14). The van der Waals surface area contributed by atoms with Crippen molar-refractivity contribution in [3.8, 4) is 0 Å². The maximum atomic E-state index is 10.3. The summed E-state index contributed by atoms with van der Waals surface area (Å²) in [5.41, 5.74) is 0. The molecule has 0 radical (unpaired) electrons. The van der Waals surface area contributed by atoms with E-state index in [-0.39, 0.29) is 19.1 Å². The molecule has 0 aromatic heterocycles. The van der Waals surface area contributed by atoms with Gasteiger partial charge in [-0.1, -0.05) is 6.42 Å². The fourth-order valence-corrected chi connectivity index (χ4v) is 1.99. The summed E-state index contributed by atoms with van der Waals surface area (Å²) in [6, 6.07) is 0.262. The van der Waals surface area contributed by atoms with E-state index in [0.29, 0.717) is 6.42 Å². The smallest absolute Gasteiger partial charge is 0.303 e. The van der Waals surface area contributed by atoms with Gasteiger partial charge in [0.2, 0.25) is 0 Å². The van der Waals surface area contributed by atoms with Gasteiger partial charge < -0.3 is 10.2 Å². The van der Waals surface area contributed by atoms with E-state index in [2.05, 4.69) is 4.90 Å². The third kappa shape index (κ3) is 3.64. The maximum absolute atomic E-state index is 10.3. The number of aliphatic carboxylic acids is 1. The van der Waals surface area contributed by atoms with E-state index in [1.54, 1.807) is 0 Å². The van der Waals surface area contributed by atoms with Crippen LogP contribution in [0.5, 0.6) is 0 Å². The van der Waals surface area contributed by atoms with Crippen molar-refractivity contribution >= 4 is 5.97 Å². The Kier molecular flexibility index (Phi) is 4.90. The first kappa shape index (κ1) is 11.5. The molecule has 4 heteroatoms. The molecule has 0 aromatic rings. The Morgan fingerprint density at radius 1 is 1.43 bits per heavy atom. The molecule has 4 nitrogen and oxygen atoms in total. The van der Waals surface area contributed by atoms with Gasteiger partial charge in [-0.05, 0) is 32.4 Å². The van der Waals surface area contributed by atoms with E-state index < -0.39 is 5.97 Å². The van der Waals surface area contributed by atoms with Gasteiger partial charge in [-0.2, -0.15) is 0 Å². The van der Waals surface area contributed by atoms with E-state index in [0.717, 1.165) is 19.5 Å². The Labute approximate surface area is 84.5 Å². The summed E-state index contributed by atoms with van der Waals surface area (Å²) >= 11 is 0. The molecule has 0 amide bonds. The van der Waals surface area contributed by atoms with E-state index in [1.165, 1.54) is 12.8 Å². The van der Waals surface area contributed by atoms with Crippen LogP contribution in [0, 0.1) is 0 Å². The molecule has 0 spiro atoms. The first-order chi connectivity index (χ1) is 6.74. The number of hydrogen-bond donors (Lipinski definition) is 2. The minimum absolute atomic E-state index is 0.201. The van der Waals surface area contributed by atoms with Gasteiger partial charge in [0.25, 0.3) is 0 Å². The molecular formula is C10H19NO3. The lowest BCUT2D eigenvalue weighted by Crippen LogP contribution is -2.42. The highest BCUT2D eigenvalue weighted by molar-refractivity contribution is 5.66. The third-order valence-electron chi connectivity index (χ3n) is 2.80. The molecule has 0 aliphatic carbocycles. The number of likely N-dealkylation sites (tertiary alicyclic amines) is 1. The average Bonchev–Trinajstić information content (AvgIpc) is 2.18. The summed E-state index contributed by atoms with van der Waals surface area (Å²) in [6.07, 6.45) is 4.31. The van der Waals surface area contributed by atoms with Crippen LogP contribution in [0.15, 0.2) is 0 Å². The minimum atomic E-state index is -0.734. The lowest BCUT2D eigenvalue weighted by atomic mass is 10.0. The molecule has 0 bridgehead atoms. The van der Waals surface area contributed by atoms with Crippen LogP contribution in [0.2, 0.25) is 0 Å². The molecule has 1 fully saturated rings. The lowest BCUT2D eigenvalue weighted by molar-refractivity contribution is -0.137. The normalized spacial score (nSPS) is 23.6. The highest BCUT2D eigenvalue weighted by Gasteiger charge is 2.20. The zero-order valence-corrected chi connectivity index (χ0v) is 8.48. The summed E-state index contributed by atoms with van der Waals surface area (Å²) in [5, 5.41) is 17.6. The predicted octanol–water partition coefficient (Wildman–Crippen LogP) is 0.698. The van der Waals surface area contributed by atoms with Crippen LogP contribution in [0.25, 0.3) is 0 Å². The Balaban J connectivity index is 2.22. The number of aliphatic hydroxyl groups excluding tert-OH is 1. The molecule has 2 N–H and O–H groups in total. The number of nitrogens with zero attached hydrogens (tertiary/aromatic N) is 1. The van der Waals surface area contributed by atoms with Crippen LogP contribution in [-0.2, 0) is 4.79 Å². The van der Waals surface area contributed by atoms with Gasteiger partial charge in [-0.25, -0.2) is 0 Å². The van der Waals surface area contributed by atoms with Crippen molar-refractivity contribution in [1.82, 2.24) is 4.90 Å². The summed E-state index contributed by atoms with van der Waals surface area (Å²) in [5.74, 6) is -0.734. The van der Waals surface area contributed by atoms with Crippen LogP contribution < -0.4 is 0 Å². The van der Waals surface area contributed by atoms with Crippen LogP contribution >= 0.6 is 0 Å². The van der Waals surface area contributed by atoms with Crippen molar-refractivity contribution in [2.75, 3.05) is 19.7 Å². The Bertz CT molecular complexity index is 184. The molecule has 82 valence electrons. The number of piperidine rings is 1. The molecule has 1 atom stereocenters. The molecule has 1 aliphatic heterocycles. The van der Waals surface area contributed by atoms with Crippen LogP contribution in [0.3, 0.4) is 0 Å². The van der Waals surface area contributed by atoms with Crippen molar-refractivity contribution in [3.05, 3.63) is 0 Å². The fraction of sp³-hybridized carbons (Fsp3) is 0.900. The SMILES string of the molecule is O=C(O)CCCN1CCCCC1CO. The highest BCUT2D eigenvalue weighted by atomic mass is 16.4. The molecule has 0 aromatic carbocycles. The number of aliphatic hydroxyl groups is 1. The highest BCUT2D eigenvalue weighted by Crippen LogP contribution is 2.16. The largest absolute Gasteiger partial charge is 0.481 e. The van der Waals surface area contributed by atoms with Crippen molar-refractivity contribution in [2.45, 2.75) is 38.1 Å². The first-order valence-electron chi connectivity index (χ1n) is 5.30. The first-order valence-corrected chi connectivity index (χ1v) is 5.30. The zero-order valence-electron chi connectivity index (χ0n) is 8.48. The Morgan fingerprint density at radius 3 is 2.86 bits per heavy atom. The van der Waals surface area contributed by atoms with Gasteiger partial charge >= 0.3 is 5.97 Å². The van der Waals surface area contributed by atoms with Crippen molar-refractivity contribution < 1.29 is 15.0 Å². The monoisotopic (exact) mass is 201 g/mol. The molecule has 1 unspecified atom stereocenters. The van der Waals surface area contributed by atoms with Gasteiger partial charge in [0, 0.05) is 12.5 Å². The second-order valence-electron chi connectivity index (χ2n) is 3.87. The second kappa shape index (κ2) is 5.98. The van der Waals surface area contributed by atoms with Crippen molar-refractivity contribution in [2.24, 2.45) is 0 Å². The lowest BCUT2D eigenvalue weighted by Gasteiger charge is -2.34. The molecule has 14 heavy (non-hydrogen) atoms. The number of carboxylic acid groups (broad SMARTS) is 1. The summed E-state index contributed by atoms with van der Waals surface area (Å²) in [4.78, 5) is 12.5. The summed E-state index contributed by atoms with van der Waals surface area (Å²) in [6.45, 7) is 2.01. The van der Waals surface area contributed by atoms with E-state index in [9.17, 15) is 4.79 Å². The molecule has 1 aliphatic rings. The number of rotatable bonds is 5. The fourth-order valence-electron chi connectivity index (χ4n) is 1.99. The topological polar surface area (TPSA) is 60.8 Å². The Hall–Kier alpha value is -0.610. The van der Waals surface area contributed by atoms with Gasteiger partial charge in [0.05, 0.1) is 6.61 Å².